The van der Waals surface area contributed by atoms with Gasteiger partial charge in [-0.3, -0.25) is 4.79 Å². The number of aromatic nitrogens is 1. The number of carbonyl (C=O) groups excluding carboxylic acids is 1. The lowest BCUT2D eigenvalue weighted by atomic mass is 10.4. The Balaban J connectivity index is 2.64. The Morgan fingerprint density at radius 3 is 2.91 bits per heavy atom. The summed E-state index contributed by atoms with van der Waals surface area (Å²) in [6.45, 7) is 0. The Morgan fingerprint density at radius 2 is 2.45 bits per heavy atom. The van der Waals surface area contributed by atoms with E-state index < -0.39 is 10.9 Å². The average Bonchev–Trinajstić information content (AvgIpc) is 2.35. The molecule has 6 heteroatoms. The fourth-order valence-electron chi connectivity index (χ4n) is 0.615. The van der Waals surface area contributed by atoms with Crippen molar-refractivity contribution in [1.29, 1.82) is 0 Å². The summed E-state index contributed by atoms with van der Waals surface area (Å²) in [7, 11) is 0. The lowest BCUT2D eigenvalue weighted by Gasteiger charge is -1.90. The fraction of sp³-hybridized carbons (Fsp3) is 0. The Morgan fingerprint density at radius 1 is 1.73 bits per heavy atom. The molecule has 0 aliphatic carbocycles. The first-order valence-electron chi connectivity index (χ1n) is 2.79. The van der Waals surface area contributed by atoms with Gasteiger partial charge in [0, 0.05) is 6.20 Å². The van der Waals surface area contributed by atoms with Gasteiger partial charge in [0.2, 0.25) is 0 Å². The zero-order valence-corrected chi connectivity index (χ0v) is 5.40. The number of amides is 1. The lowest BCUT2D eigenvalue weighted by Crippen LogP contribution is -2.29. The maximum absolute atomic E-state index is 10.7. The van der Waals surface area contributed by atoms with Crippen molar-refractivity contribution in [3.63, 3.8) is 0 Å². The maximum Gasteiger partial charge on any atom is 0.326 e. The lowest BCUT2D eigenvalue weighted by molar-refractivity contribution is -0.527. The number of nitrogens with zero attached hydrogens (tertiary/aromatic N) is 1. The van der Waals surface area contributed by atoms with Crippen LogP contribution in [0.3, 0.4) is 0 Å². The van der Waals surface area contributed by atoms with E-state index in [0.717, 1.165) is 0 Å². The van der Waals surface area contributed by atoms with Gasteiger partial charge in [-0.2, -0.15) is 0 Å². The second-order valence-electron chi connectivity index (χ2n) is 1.78. The van der Waals surface area contributed by atoms with Crippen molar-refractivity contribution in [2.45, 2.75) is 0 Å². The normalized spacial score (nSPS) is 9.09. The topological polar surface area (TPSA) is 88.0 Å². The predicted octanol–water partition coefficient (Wildman–Crippen LogP) is -0.0638. The molecule has 0 aliphatic rings. The molecule has 1 aromatic heterocycles. The Hall–Kier alpha value is -1.85. The van der Waals surface area contributed by atoms with Crippen molar-refractivity contribution in [1.82, 2.24) is 10.4 Å². The smallest absolute Gasteiger partial charge is 0.326 e. The molecule has 0 saturated carbocycles. The molecule has 1 aromatic rings. The van der Waals surface area contributed by atoms with Crippen LogP contribution in [0.15, 0.2) is 18.3 Å². The van der Waals surface area contributed by atoms with Crippen LogP contribution in [0, 0.1) is 10.1 Å². The van der Waals surface area contributed by atoms with Crippen LogP contribution < -0.4 is 5.43 Å². The Kier molecular flexibility index (Phi) is 1.86. The zero-order chi connectivity index (χ0) is 8.27. The molecule has 1 heterocycles. The van der Waals surface area contributed by atoms with Crippen molar-refractivity contribution >= 4 is 5.91 Å². The van der Waals surface area contributed by atoms with E-state index in [1.807, 2.05) is 0 Å². The summed E-state index contributed by atoms with van der Waals surface area (Å²) in [5, 5.41) is 8.87. The number of rotatable bonds is 2. The molecule has 0 unspecified atom stereocenters. The summed E-state index contributed by atoms with van der Waals surface area (Å²) >= 11 is 0. The van der Waals surface area contributed by atoms with Crippen LogP contribution in [0.4, 0.5) is 0 Å². The summed E-state index contributed by atoms with van der Waals surface area (Å²) in [6.07, 6.45) is 1.51. The van der Waals surface area contributed by atoms with Gasteiger partial charge in [0.25, 0.3) is 0 Å². The third-order valence-corrected chi connectivity index (χ3v) is 1.04. The SMILES string of the molecule is O=C(N[N+](=O)[O-])c1ccc[nH]1. The molecule has 11 heavy (non-hydrogen) atoms. The van der Waals surface area contributed by atoms with E-state index in [1.165, 1.54) is 17.7 Å². The highest BCUT2D eigenvalue weighted by Crippen LogP contribution is 1.92. The van der Waals surface area contributed by atoms with E-state index in [4.69, 9.17) is 0 Å². The summed E-state index contributed by atoms with van der Waals surface area (Å²) in [4.78, 5) is 23.0. The number of H-pyrrole nitrogens is 1. The summed E-state index contributed by atoms with van der Waals surface area (Å²) in [6, 6.07) is 3.02. The van der Waals surface area contributed by atoms with E-state index in [1.54, 1.807) is 6.07 Å². The largest absolute Gasteiger partial charge is 0.357 e. The molecule has 58 valence electrons. The van der Waals surface area contributed by atoms with E-state index in [9.17, 15) is 14.9 Å². The monoisotopic (exact) mass is 155 g/mol. The van der Waals surface area contributed by atoms with Crippen LogP contribution in [0.2, 0.25) is 0 Å². The van der Waals surface area contributed by atoms with Crippen LogP contribution in [0.25, 0.3) is 0 Å². The third-order valence-electron chi connectivity index (χ3n) is 1.04. The van der Waals surface area contributed by atoms with Gasteiger partial charge in [-0.1, -0.05) is 5.43 Å². The molecule has 0 radical (unpaired) electrons. The molecule has 0 atom stereocenters. The molecule has 0 saturated heterocycles. The molecule has 0 aromatic carbocycles. The standard InChI is InChI=1S/C5H5N3O3/c9-5(7-8(10)11)4-2-1-3-6-4/h1-3,6H,(H,7,9). The van der Waals surface area contributed by atoms with Gasteiger partial charge in [0.15, 0.2) is 5.03 Å². The minimum absolute atomic E-state index is 0.168. The molecule has 0 spiro atoms. The zero-order valence-electron chi connectivity index (χ0n) is 5.40. The minimum Gasteiger partial charge on any atom is -0.357 e. The molecule has 6 nitrogen and oxygen atoms in total. The van der Waals surface area contributed by atoms with Gasteiger partial charge in [-0.25, -0.2) is 10.1 Å². The second kappa shape index (κ2) is 2.82. The van der Waals surface area contributed by atoms with E-state index in [2.05, 4.69) is 4.98 Å². The first kappa shape index (κ1) is 7.26. The summed E-state index contributed by atoms with van der Waals surface area (Å²) in [5.74, 6) is -0.750. The molecule has 2 N–H and O–H groups in total. The van der Waals surface area contributed by atoms with E-state index in [-0.39, 0.29) is 5.69 Å². The van der Waals surface area contributed by atoms with Crippen molar-refractivity contribution in [2.24, 2.45) is 0 Å². The number of hydrogen-bond acceptors (Lipinski definition) is 3. The minimum atomic E-state index is -0.900. The quantitative estimate of drug-likeness (QED) is 0.463. The van der Waals surface area contributed by atoms with Gasteiger partial charge in [-0.05, 0) is 12.1 Å². The molecule has 0 bridgehead atoms. The molecular weight excluding hydrogens is 150 g/mol. The molecular formula is C5H5N3O3. The highest BCUT2D eigenvalue weighted by Gasteiger charge is 2.09. The van der Waals surface area contributed by atoms with Crippen LogP contribution in [0.5, 0.6) is 0 Å². The maximum atomic E-state index is 10.7. The van der Waals surface area contributed by atoms with Gasteiger partial charge >= 0.3 is 5.91 Å². The Labute approximate surface area is 61.3 Å². The van der Waals surface area contributed by atoms with Gasteiger partial charge in [-0.15, -0.1) is 0 Å². The number of aromatic amines is 1. The van der Waals surface area contributed by atoms with Crippen molar-refractivity contribution < 1.29 is 9.83 Å². The van der Waals surface area contributed by atoms with Gasteiger partial charge in [0.05, 0.1) is 0 Å². The van der Waals surface area contributed by atoms with Crippen molar-refractivity contribution in [2.75, 3.05) is 0 Å². The molecule has 0 fully saturated rings. The van der Waals surface area contributed by atoms with Crippen LogP contribution in [-0.2, 0) is 0 Å². The van der Waals surface area contributed by atoms with Gasteiger partial charge in [0.1, 0.15) is 5.69 Å². The number of nitrogens with one attached hydrogen (secondary N) is 2. The first-order valence-corrected chi connectivity index (χ1v) is 2.79. The van der Waals surface area contributed by atoms with Crippen molar-refractivity contribution in [3.05, 3.63) is 34.1 Å². The van der Waals surface area contributed by atoms with Crippen molar-refractivity contribution in [3.8, 4) is 0 Å². The number of nitro groups is 1. The predicted molar refractivity (Wildman–Crippen MR) is 35.3 cm³/mol. The molecule has 1 rings (SSSR count). The molecule has 0 aliphatic heterocycles. The van der Waals surface area contributed by atoms with Gasteiger partial charge < -0.3 is 4.98 Å². The first-order chi connectivity index (χ1) is 5.20. The van der Waals surface area contributed by atoms with Crippen LogP contribution >= 0.6 is 0 Å². The van der Waals surface area contributed by atoms with Crippen LogP contribution in [0.1, 0.15) is 10.5 Å². The highest BCUT2D eigenvalue weighted by molar-refractivity contribution is 5.91. The summed E-state index contributed by atoms with van der Waals surface area (Å²) < 4.78 is 0. The van der Waals surface area contributed by atoms with E-state index >= 15 is 0 Å². The average molecular weight is 155 g/mol. The Bertz CT molecular complexity index is 267. The number of hydrogen-bond donors (Lipinski definition) is 2. The van der Waals surface area contributed by atoms with Crippen LogP contribution in [-0.4, -0.2) is 15.9 Å². The summed E-state index contributed by atoms with van der Waals surface area (Å²) in [5.41, 5.74) is 1.67. The van der Waals surface area contributed by atoms with E-state index in [0.29, 0.717) is 0 Å². The highest BCUT2D eigenvalue weighted by atomic mass is 16.7. The number of hydrazine groups is 1. The second-order valence-corrected chi connectivity index (χ2v) is 1.78. The number of carbonyl (C=O) groups is 1. The third kappa shape index (κ3) is 1.78. The fourth-order valence-corrected chi connectivity index (χ4v) is 0.615. The molecule has 1 amide bonds.